The summed E-state index contributed by atoms with van der Waals surface area (Å²) in [5.74, 6) is -0.887. The minimum absolute atomic E-state index is 0.104. The largest absolute Gasteiger partial charge is 0.392 e. The molecule has 0 spiro atoms. The first-order chi connectivity index (χ1) is 9.56. The van der Waals surface area contributed by atoms with Crippen LogP contribution in [0.2, 0.25) is 5.02 Å². The van der Waals surface area contributed by atoms with Crippen LogP contribution in [0.1, 0.15) is 23.2 Å². The Balaban J connectivity index is 1.88. The van der Waals surface area contributed by atoms with E-state index < -0.39 is 12.0 Å². The number of β-amino-alcohol motifs (C(OH)–C–C–N with tert-alkyl or cyclic N) is 1. The van der Waals surface area contributed by atoms with Gasteiger partial charge in [-0.05, 0) is 31.5 Å². The average Bonchev–Trinajstić information content (AvgIpc) is 2.38. The van der Waals surface area contributed by atoms with E-state index in [0.717, 1.165) is 19.4 Å². The molecule has 1 saturated heterocycles. The zero-order valence-corrected chi connectivity index (χ0v) is 11.8. The molecule has 0 aliphatic carbocycles. The second-order valence-electron chi connectivity index (χ2n) is 4.89. The number of aliphatic hydroxyl groups excluding tert-OH is 1. The Kier molecular flexibility index (Phi) is 5.11. The molecular weight excluding hydrogens is 280 g/mol. The number of carbonyl (C=O) groups excluding carboxylic acids is 2. The molecule has 20 heavy (non-hydrogen) atoms. The van der Waals surface area contributed by atoms with E-state index in [1.807, 2.05) is 4.90 Å². The molecule has 1 heterocycles. The molecule has 2 N–H and O–H groups in total. The number of rotatable bonds is 3. The number of piperidine rings is 1. The van der Waals surface area contributed by atoms with Crippen LogP contribution < -0.4 is 5.32 Å². The normalized spacial score (nSPS) is 19.6. The molecule has 0 radical (unpaired) electrons. The Morgan fingerprint density at radius 3 is 2.85 bits per heavy atom. The average molecular weight is 297 g/mol. The molecule has 0 saturated carbocycles. The molecule has 1 aromatic carbocycles. The number of aliphatic hydroxyl groups is 1. The molecule has 1 unspecified atom stereocenters. The maximum absolute atomic E-state index is 11.9. The first kappa shape index (κ1) is 15.0. The van der Waals surface area contributed by atoms with Crippen LogP contribution in [-0.4, -0.2) is 47.6 Å². The van der Waals surface area contributed by atoms with Gasteiger partial charge in [0.2, 0.25) is 5.91 Å². The van der Waals surface area contributed by atoms with Gasteiger partial charge in [0, 0.05) is 6.54 Å². The second kappa shape index (κ2) is 6.83. The van der Waals surface area contributed by atoms with Crippen LogP contribution in [0, 0.1) is 0 Å². The fourth-order valence-electron chi connectivity index (χ4n) is 2.26. The lowest BCUT2D eigenvalue weighted by Gasteiger charge is -2.29. The zero-order valence-electron chi connectivity index (χ0n) is 11.0. The van der Waals surface area contributed by atoms with Crippen molar-refractivity contribution in [1.29, 1.82) is 0 Å². The third kappa shape index (κ3) is 4.03. The van der Waals surface area contributed by atoms with E-state index in [1.165, 1.54) is 0 Å². The Bertz CT molecular complexity index is 507. The van der Waals surface area contributed by atoms with Gasteiger partial charge in [0.1, 0.15) is 0 Å². The van der Waals surface area contributed by atoms with Gasteiger partial charge in [-0.3, -0.25) is 19.8 Å². The highest BCUT2D eigenvalue weighted by atomic mass is 35.5. The number of likely N-dealkylation sites (tertiary alicyclic amines) is 1. The van der Waals surface area contributed by atoms with Crippen LogP contribution in [0.15, 0.2) is 24.3 Å². The number of amides is 2. The Morgan fingerprint density at radius 2 is 2.15 bits per heavy atom. The maximum atomic E-state index is 11.9. The van der Waals surface area contributed by atoms with Gasteiger partial charge in [-0.15, -0.1) is 0 Å². The van der Waals surface area contributed by atoms with Crippen LogP contribution in [0.3, 0.4) is 0 Å². The van der Waals surface area contributed by atoms with E-state index in [2.05, 4.69) is 5.32 Å². The highest BCUT2D eigenvalue weighted by Gasteiger charge is 2.21. The number of hydrogen-bond acceptors (Lipinski definition) is 4. The van der Waals surface area contributed by atoms with Crippen LogP contribution >= 0.6 is 11.6 Å². The van der Waals surface area contributed by atoms with E-state index >= 15 is 0 Å². The molecular formula is C14H17ClN2O3. The quantitative estimate of drug-likeness (QED) is 0.875. The minimum Gasteiger partial charge on any atom is -0.392 e. The summed E-state index contributed by atoms with van der Waals surface area (Å²) in [6.45, 7) is 1.33. The first-order valence-electron chi connectivity index (χ1n) is 6.55. The van der Waals surface area contributed by atoms with Crippen molar-refractivity contribution < 1.29 is 14.7 Å². The number of hydrogen-bond donors (Lipinski definition) is 2. The van der Waals surface area contributed by atoms with E-state index in [0.29, 0.717) is 11.6 Å². The lowest BCUT2D eigenvalue weighted by atomic mass is 10.1. The Morgan fingerprint density at radius 1 is 1.40 bits per heavy atom. The number of imide groups is 1. The summed E-state index contributed by atoms with van der Waals surface area (Å²) in [6.07, 6.45) is 1.22. The SMILES string of the molecule is O=C(CN1CCCC(O)C1)NC(=O)c1ccccc1Cl. The number of carbonyl (C=O) groups is 2. The van der Waals surface area contributed by atoms with E-state index in [9.17, 15) is 14.7 Å². The molecule has 0 bridgehead atoms. The summed E-state index contributed by atoms with van der Waals surface area (Å²) < 4.78 is 0. The third-order valence-electron chi connectivity index (χ3n) is 3.22. The fourth-order valence-corrected chi connectivity index (χ4v) is 2.48. The van der Waals surface area contributed by atoms with Gasteiger partial charge in [0.25, 0.3) is 5.91 Å². The molecule has 1 aliphatic rings. The number of benzene rings is 1. The van der Waals surface area contributed by atoms with E-state index in [4.69, 9.17) is 11.6 Å². The number of nitrogens with zero attached hydrogens (tertiary/aromatic N) is 1. The molecule has 1 atom stereocenters. The van der Waals surface area contributed by atoms with E-state index in [-0.39, 0.29) is 18.0 Å². The van der Waals surface area contributed by atoms with Gasteiger partial charge < -0.3 is 5.11 Å². The first-order valence-corrected chi connectivity index (χ1v) is 6.93. The predicted octanol–water partition coefficient (Wildman–Crippen LogP) is 1.05. The summed E-state index contributed by atoms with van der Waals surface area (Å²) in [6, 6.07) is 6.57. The van der Waals surface area contributed by atoms with Crippen LogP contribution in [0.25, 0.3) is 0 Å². The topological polar surface area (TPSA) is 69.6 Å². The van der Waals surface area contributed by atoms with Gasteiger partial charge in [0.15, 0.2) is 0 Å². The number of nitrogens with one attached hydrogen (secondary N) is 1. The standard InChI is InChI=1S/C14H17ClN2O3/c15-12-6-2-1-5-11(12)14(20)16-13(19)9-17-7-3-4-10(18)8-17/h1-2,5-6,10,18H,3-4,7-9H2,(H,16,19,20). The second-order valence-corrected chi connectivity index (χ2v) is 5.30. The summed E-state index contributed by atoms with van der Waals surface area (Å²) in [5, 5.41) is 12.2. The molecule has 6 heteroatoms. The van der Waals surface area contributed by atoms with Crippen molar-refractivity contribution in [3.05, 3.63) is 34.9 Å². The van der Waals surface area contributed by atoms with Crippen molar-refractivity contribution >= 4 is 23.4 Å². The van der Waals surface area contributed by atoms with Crippen molar-refractivity contribution in [3.63, 3.8) is 0 Å². The smallest absolute Gasteiger partial charge is 0.259 e. The molecule has 0 aromatic heterocycles. The highest BCUT2D eigenvalue weighted by Crippen LogP contribution is 2.14. The van der Waals surface area contributed by atoms with Crippen LogP contribution in [0.4, 0.5) is 0 Å². The maximum Gasteiger partial charge on any atom is 0.259 e. The van der Waals surface area contributed by atoms with Crippen LogP contribution in [0.5, 0.6) is 0 Å². The molecule has 5 nitrogen and oxygen atoms in total. The zero-order chi connectivity index (χ0) is 14.5. The highest BCUT2D eigenvalue weighted by molar-refractivity contribution is 6.34. The molecule has 1 fully saturated rings. The third-order valence-corrected chi connectivity index (χ3v) is 3.55. The van der Waals surface area contributed by atoms with Crippen molar-refractivity contribution in [2.45, 2.75) is 18.9 Å². The fraction of sp³-hybridized carbons (Fsp3) is 0.429. The van der Waals surface area contributed by atoms with Crippen molar-refractivity contribution in [3.8, 4) is 0 Å². The molecule has 2 rings (SSSR count). The van der Waals surface area contributed by atoms with Gasteiger partial charge in [-0.25, -0.2) is 0 Å². The van der Waals surface area contributed by atoms with Crippen LogP contribution in [-0.2, 0) is 4.79 Å². The Hall–Kier alpha value is -1.43. The lowest BCUT2D eigenvalue weighted by molar-refractivity contribution is -0.121. The Labute approximate surface area is 122 Å². The van der Waals surface area contributed by atoms with Gasteiger partial charge in [0.05, 0.1) is 23.2 Å². The molecule has 2 amide bonds. The summed E-state index contributed by atoms with van der Waals surface area (Å²) in [7, 11) is 0. The monoisotopic (exact) mass is 296 g/mol. The molecule has 108 valence electrons. The van der Waals surface area contributed by atoms with Gasteiger partial charge in [-0.2, -0.15) is 0 Å². The summed E-state index contributed by atoms with van der Waals surface area (Å²) in [5.41, 5.74) is 0.279. The molecule has 1 aromatic rings. The van der Waals surface area contributed by atoms with Gasteiger partial charge in [-0.1, -0.05) is 23.7 Å². The molecule has 1 aliphatic heterocycles. The number of halogens is 1. The summed E-state index contributed by atoms with van der Waals surface area (Å²) in [4.78, 5) is 25.5. The van der Waals surface area contributed by atoms with Crippen molar-refractivity contribution in [1.82, 2.24) is 10.2 Å². The summed E-state index contributed by atoms with van der Waals surface area (Å²) >= 11 is 5.90. The predicted molar refractivity (Wildman–Crippen MR) is 75.6 cm³/mol. The van der Waals surface area contributed by atoms with E-state index in [1.54, 1.807) is 24.3 Å². The van der Waals surface area contributed by atoms with Gasteiger partial charge >= 0.3 is 0 Å². The van der Waals surface area contributed by atoms with Crippen molar-refractivity contribution in [2.24, 2.45) is 0 Å². The minimum atomic E-state index is -0.502. The van der Waals surface area contributed by atoms with Crippen molar-refractivity contribution in [2.75, 3.05) is 19.6 Å². The lowest BCUT2D eigenvalue weighted by Crippen LogP contribution is -2.45.